The molecule has 4 nitrogen and oxygen atoms in total. The van der Waals surface area contributed by atoms with Crippen LogP contribution in [0, 0.1) is 0 Å². The monoisotopic (exact) mass is 271 g/mol. The maximum absolute atomic E-state index is 6.17. The number of piperidine rings is 1. The lowest BCUT2D eigenvalue weighted by atomic mass is 9.84. The third-order valence-electron chi connectivity index (χ3n) is 4.60. The van der Waals surface area contributed by atoms with Gasteiger partial charge in [-0.15, -0.1) is 0 Å². The van der Waals surface area contributed by atoms with Crippen molar-refractivity contribution in [2.45, 2.75) is 51.6 Å². The van der Waals surface area contributed by atoms with Gasteiger partial charge in [-0.2, -0.15) is 0 Å². The molecule has 1 aliphatic rings. The van der Waals surface area contributed by atoms with E-state index >= 15 is 0 Å². The van der Waals surface area contributed by atoms with Gasteiger partial charge < -0.3 is 15.4 Å². The van der Waals surface area contributed by atoms with Crippen molar-refractivity contribution >= 4 is 0 Å². The Morgan fingerprint density at radius 1 is 1.32 bits per heavy atom. The van der Waals surface area contributed by atoms with E-state index in [1.807, 2.05) is 0 Å². The van der Waals surface area contributed by atoms with E-state index in [4.69, 9.17) is 10.5 Å². The molecule has 0 bridgehead atoms. The minimum Gasteiger partial charge on any atom is -0.383 e. The number of hydrogen-bond acceptors (Lipinski definition) is 4. The molecule has 0 aromatic rings. The third kappa shape index (κ3) is 4.15. The van der Waals surface area contributed by atoms with Crippen LogP contribution in [0.25, 0.3) is 0 Å². The summed E-state index contributed by atoms with van der Waals surface area (Å²) in [6.45, 7) is 12.9. The molecule has 1 saturated heterocycles. The molecule has 0 saturated carbocycles. The van der Waals surface area contributed by atoms with Gasteiger partial charge in [0.05, 0.1) is 6.61 Å². The summed E-state index contributed by atoms with van der Waals surface area (Å²) in [6.07, 6.45) is 3.62. The molecule has 1 rings (SSSR count). The van der Waals surface area contributed by atoms with Crippen molar-refractivity contribution in [3.8, 4) is 0 Å². The molecule has 0 aliphatic carbocycles. The molecule has 0 radical (unpaired) electrons. The normalized spacial score (nSPS) is 21.8. The second kappa shape index (κ2) is 8.20. The van der Waals surface area contributed by atoms with Crippen molar-refractivity contribution in [3.05, 3.63) is 0 Å². The average Bonchev–Trinajstić information content (AvgIpc) is 2.42. The van der Waals surface area contributed by atoms with Crippen molar-refractivity contribution in [2.24, 2.45) is 5.73 Å². The first-order valence-electron chi connectivity index (χ1n) is 7.81. The van der Waals surface area contributed by atoms with Crippen LogP contribution < -0.4 is 5.73 Å². The quantitative estimate of drug-likeness (QED) is 0.727. The summed E-state index contributed by atoms with van der Waals surface area (Å²) < 4.78 is 5.33. The number of hydrogen-bond donors (Lipinski definition) is 1. The molecule has 1 atom stereocenters. The minimum absolute atomic E-state index is 0.178. The zero-order chi connectivity index (χ0) is 14.3. The molecular formula is C15H33N3O. The summed E-state index contributed by atoms with van der Waals surface area (Å²) in [5.74, 6) is 0. The van der Waals surface area contributed by atoms with Gasteiger partial charge in [-0.05, 0) is 52.4 Å². The zero-order valence-electron chi connectivity index (χ0n) is 13.3. The van der Waals surface area contributed by atoms with Crippen molar-refractivity contribution in [3.63, 3.8) is 0 Å². The highest BCUT2D eigenvalue weighted by Crippen LogP contribution is 2.30. The minimum atomic E-state index is 0.178. The van der Waals surface area contributed by atoms with Crippen LogP contribution in [0.15, 0.2) is 0 Å². The molecule has 1 fully saturated rings. The SMILES string of the molecule is CCCN1CCC(CN)(N(CC)C(C)COC)CC1. The molecule has 0 amide bonds. The Balaban J connectivity index is 2.69. The predicted molar refractivity (Wildman–Crippen MR) is 81.5 cm³/mol. The fourth-order valence-electron chi connectivity index (χ4n) is 3.56. The van der Waals surface area contributed by atoms with Gasteiger partial charge in [0.15, 0.2) is 0 Å². The summed E-state index contributed by atoms with van der Waals surface area (Å²) in [6, 6.07) is 0.441. The van der Waals surface area contributed by atoms with Crippen LogP contribution in [0.4, 0.5) is 0 Å². The molecule has 1 unspecified atom stereocenters. The third-order valence-corrected chi connectivity index (χ3v) is 4.60. The highest BCUT2D eigenvalue weighted by Gasteiger charge is 2.39. The van der Waals surface area contributed by atoms with Gasteiger partial charge in [0.2, 0.25) is 0 Å². The van der Waals surface area contributed by atoms with E-state index < -0.39 is 0 Å². The molecule has 0 aromatic heterocycles. The van der Waals surface area contributed by atoms with E-state index in [2.05, 4.69) is 30.6 Å². The number of nitrogens with zero attached hydrogens (tertiary/aromatic N) is 2. The maximum Gasteiger partial charge on any atom is 0.0615 e. The standard InChI is InChI=1S/C15H33N3O/c1-5-9-17-10-7-15(13-16,8-11-17)18(6-2)14(3)12-19-4/h14H,5-13,16H2,1-4H3. The average molecular weight is 271 g/mol. The predicted octanol–water partition coefficient (Wildman–Crippen LogP) is 1.55. The highest BCUT2D eigenvalue weighted by molar-refractivity contribution is 4.97. The molecule has 19 heavy (non-hydrogen) atoms. The summed E-state index contributed by atoms with van der Waals surface area (Å²) in [7, 11) is 1.78. The second-order valence-corrected chi connectivity index (χ2v) is 5.86. The Bertz CT molecular complexity index is 240. The lowest BCUT2D eigenvalue weighted by molar-refractivity contribution is -0.0172. The van der Waals surface area contributed by atoms with Gasteiger partial charge in [0.1, 0.15) is 0 Å². The largest absolute Gasteiger partial charge is 0.383 e. The van der Waals surface area contributed by atoms with E-state index in [0.29, 0.717) is 6.04 Å². The summed E-state index contributed by atoms with van der Waals surface area (Å²) >= 11 is 0. The Labute approximate surface area is 119 Å². The fourth-order valence-corrected chi connectivity index (χ4v) is 3.56. The molecule has 114 valence electrons. The number of likely N-dealkylation sites (tertiary alicyclic amines) is 1. The van der Waals surface area contributed by atoms with E-state index in [1.165, 1.54) is 38.9 Å². The summed E-state index contributed by atoms with van der Waals surface area (Å²) in [5.41, 5.74) is 6.34. The first kappa shape index (κ1) is 16.9. The van der Waals surface area contributed by atoms with Crippen molar-refractivity contribution < 1.29 is 4.74 Å². The molecular weight excluding hydrogens is 238 g/mol. The van der Waals surface area contributed by atoms with E-state index in [9.17, 15) is 0 Å². The van der Waals surface area contributed by atoms with Crippen molar-refractivity contribution in [1.29, 1.82) is 0 Å². The smallest absolute Gasteiger partial charge is 0.0615 e. The van der Waals surface area contributed by atoms with E-state index in [-0.39, 0.29) is 5.54 Å². The Morgan fingerprint density at radius 3 is 2.37 bits per heavy atom. The van der Waals surface area contributed by atoms with Crippen molar-refractivity contribution in [2.75, 3.05) is 46.4 Å². The molecule has 0 aromatic carbocycles. The molecule has 1 heterocycles. The maximum atomic E-state index is 6.17. The lowest BCUT2D eigenvalue weighted by Gasteiger charge is -2.50. The number of ether oxygens (including phenoxy) is 1. The zero-order valence-corrected chi connectivity index (χ0v) is 13.3. The van der Waals surface area contributed by atoms with Gasteiger partial charge in [0.25, 0.3) is 0 Å². The Kier molecular flexibility index (Phi) is 7.29. The van der Waals surface area contributed by atoms with Crippen molar-refractivity contribution in [1.82, 2.24) is 9.80 Å². The van der Waals surface area contributed by atoms with Crippen LogP contribution in [-0.4, -0.2) is 67.8 Å². The summed E-state index contributed by atoms with van der Waals surface area (Å²) in [4.78, 5) is 5.14. The van der Waals surface area contributed by atoms with Crippen LogP contribution in [0.2, 0.25) is 0 Å². The fraction of sp³-hybridized carbons (Fsp3) is 1.00. The number of methoxy groups -OCH3 is 1. The molecule has 1 aliphatic heterocycles. The number of nitrogens with two attached hydrogens (primary N) is 1. The highest BCUT2D eigenvalue weighted by atomic mass is 16.5. The number of likely N-dealkylation sites (N-methyl/N-ethyl adjacent to an activating group) is 1. The van der Waals surface area contributed by atoms with E-state index in [0.717, 1.165) is 19.7 Å². The Hall–Kier alpha value is -0.160. The van der Waals surface area contributed by atoms with E-state index in [1.54, 1.807) is 7.11 Å². The van der Waals surface area contributed by atoms with Crippen LogP contribution >= 0.6 is 0 Å². The first-order chi connectivity index (χ1) is 9.13. The number of rotatable bonds is 8. The first-order valence-corrected chi connectivity index (χ1v) is 7.81. The second-order valence-electron chi connectivity index (χ2n) is 5.86. The van der Waals surface area contributed by atoms with Crippen LogP contribution in [0.1, 0.15) is 40.0 Å². The topological polar surface area (TPSA) is 41.7 Å². The van der Waals surface area contributed by atoms with Gasteiger partial charge in [0, 0.05) is 25.2 Å². The molecule has 0 spiro atoms. The van der Waals surface area contributed by atoms with Gasteiger partial charge in [-0.25, -0.2) is 0 Å². The van der Waals surface area contributed by atoms with Gasteiger partial charge >= 0.3 is 0 Å². The van der Waals surface area contributed by atoms with Crippen LogP contribution in [0.3, 0.4) is 0 Å². The van der Waals surface area contributed by atoms with Crippen LogP contribution in [0.5, 0.6) is 0 Å². The Morgan fingerprint density at radius 2 is 1.95 bits per heavy atom. The van der Waals surface area contributed by atoms with Gasteiger partial charge in [-0.3, -0.25) is 4.90 Å². The van der Waals surface area contributed by atoms with Gasteiger partial charge in [-0.1, -0.05) is 13.8 Å². The lowest BCUT2D eigenvalue weighted by Crippen LogP contribution is -2.62. The molecule has 4 heteroatoms. The molecule has 2 N–H and O–H groups in total. The van der Waals surface area contributed by atoms with Crippen LogP contribution in [-0.2, 0) is 4.74 Å². The summed E-state index contributed by atoms with van der Waals surface area (Å²) in [5, 5.41) is 0.